The maximum atomic E-state index is 4.52. The summed E-state index contributed by atoms with van der Waals surface area (Å²) >= 11 is 0. The summed E-state index contributed by atoms with van der Waals surface area (Å²) < 4.78 is 1.95. The van der Waals surface area contributed by atoms with Gasteiger partial charge in [-0.3, -0.25) is 4.68 Å². The molecule has 0 radical (unpaired) electrons. The molecular formula is C12H22N4. The first kappa shape index (κ1) is 11.3. The Morgan fingerprint density at radius 2 is 2.00 bits per heavy atom. The van der Waals surface area contributed by atoms with E-state index in [0.29, 0.717) is 5.41 Å². The van der Waals surface area contributed by atoms with Crippen molar-refractivity contribution in [2.24, 2.45) is 12.5 Å². The molecule has 2 heterocycles. The average Bonchev–Trinajstić information content (AvgIpc) is 2.47. The third kappa shape index (κ3) is 1.77. The normalized spacial score (nSPS) is 24.2. The topological polar surface area (TPSA) is 41.9 Å². The summed E-state index contributed by atoms with van der Waals surface area (Å²) in [6.07, 6.45) is 2.15. The summed E-state index contributed by atoms with van der Waals surface area (Å²) in [6, 6.07) is 0. The Morgan fingerprint density at radius 1 is 1.31 bits per heavy atom. The number of hydrogen-bond donors (Lipinski definition) is 2. The van der Waals surface area contributed by atoms with E-state index in [9.17, 15) is 0 Å². The van der Waals surface area contributed by atoms with E-state index in [2.05, 4.69) is 36.5 Å². The van der Waals surface area contributed by atoms with Crippen LogP contribution in [-0.4, -0.2) is 22.9 Å². The maximum absolute atomic E-state index is 4.52. The summed E-state index contributed by atoms with van der Waals surface area (Å²) in [6.45, 7) is 8.73. The molecule has 90 valence electrons. The van der Waals surface area contributed by atoms with Crippen LogP contribution < -0.4 is 10.6 Å². The summed E-state index contributed by atoms with van der Waals surface area (Å²) in [5, 5.41) is 11.6. The maximum Gasteiger partial charge on any atom is 0.148 e. The molecule has 0 saturated carbocycles. The second-order valence-electron chi connectivity index (χ2n) is 5.02. The van der Waals surface area contributed by atoms with Crippen molar-refractivity contribution >= 4 is 11.5 Å². The number of anilines is 2. The van der Waals surface area contributed by atoms with Crippen LogP contribution in [-0.2, 0) is 13.5 Å². The van der Waals surface area contributed by atoms with Crippen molar-refractivity contribution in [3.63, 3.8) is 0 Å². The van der Waals surface area contributed by atoms with Crippen LogP contribution in [0.15, 0.2) is 0 Å². The average molecular weight is 222 g/mol. The quantitative estimate of drug-likeness (QED) is 0.806. The van der Waals surface area contributed by atoms with Gasteiger partial charge < -0.3 is 10.6 Å². The summed E-state index contributed by atoms with van der Waals surface area (Å²) in [5.74, 6) is 1.13. The highest BCUT2D eigenvalue weighted by Crippen LogP contribution is 2.33. The predicted octanol–water partition coefficient (Wildman–Crippen LogP) is 2.24. The third-order valence-corrected chi connectivity index (χ3v) is 3.68. The largest absolute Gasteiger partial charge is 0.380 e. The Morgan fingerprint density at radius 3 is 2.62 bits per heavy atom. The van der Waals surface area contributed by atoms with Gasteiger partial charge in [-0.25, -0.2) is 0 Å². The van der Waals surface area contributed by atoms with Gasteiger partial charge in [0.05, 0.1) is 5.69 Å². The Bertz CT molecular complexity index is 383. The van der Waals surface area contributed by atoms with Crippen molar-refractivity contribution in [3.05, 3.63) is 5.69 Å². The van der Waals surface area contributed by atoms with Crippen LogP contribution in [0.3, 0.4) is 0 Å². The fraction of sp³-hybridized carbons (Fsp3) is 0.750. The zero-order valence-corrected chi connectivity index (χ0v) is 10.7. The molecule has 16 heavy (non-hydrogen) atoms. The highest BCUT2D eigenvalue weighted by atomic mass is 15.3. The number of nitrogens with one attached hydrogen (secondary N) is 2. The first-order chi connectivity index (χ1) is 7.59. The van der Waals surface area contributed by atoms with Gasteiger partial charge in [0.15, 0.2) is 0 Å². The second kappa shape index (κ2) is 4.00. The van der Waals surface area contributed by atoms with Crippen LogP contribution in [0.2, 0.25) is 0 Å². The standard InChI is InChI=1S/C12H22N4/c1-5-9-10-11(16(4)15-9)14-8-12(3,6-2)7-13-10/h13-14H,5-8H2,1-4H3. The lowest BCUT2D eigenvalue weighted by Gasteiger charge is -2.26. The highest BCUT2D eigenvalue weighted by Gasteiger charge is 2.28. The molecule has 1 aromatic heterocycles. The Labute approximate surface area is 97.4 Å². The van der Waals surface area contributed by atoms with E-state index in [1.54, 1.807) is 0 Å². The molecule has 0 saturated heterocycles. The molecule has 0 amide bonds. The van der Waals surface area contributed by atoms with Crippen LogP contribution in [0.25, 0.3) is 0 Å². The first-order valence-electron chi connectivity index (χ1n) is 6.13. The van der Waals surface area contributed by atoms with Gasteiger partial charge >= 0.3 is 0 Å². The molecular weight excluding hydrogens is 200 g/mol. The number of aromatic nitrogens is 2. The molecule has 0 fully saturated rings. The molecule has 4 heteroatoms. The van der Waals surface area contributed by atoms with E-state index < -0.39 is 0 Å². The summed E-state index contributed by atoms with van der Waals surface area (Å²) in [4.78, 5) is 0. The molecule has 1 atom stereocenters. The monoisotopic (exact) mass is 222 g/mol. The third-order valence-electron chi connectivity index (χ3n) is 3.68. The molecule has 2 rings (SSSR count). The van der Waals surface area contributed by atoms with Crippen LogP contribution in [0.1, 0.15) is 32.9 Å². The minimum atomic E-state index is 0.323. The van der Waals surface area contributed by atoms with Crippen molar-refractivity contribution in [1.29, 1.82) is 0 Å². The van der Waals surface area contributed by atoms with Crippen molar-refractivity contribution in [2.45, 2.75) is 33.6 Å². The zero-order chi connectivity index (χ0) is 11.8. The molecule has 0 aliphatic carbocycles. The Balaban J connectivity index is 2.31. The van der Waals surface area contributed by atoms with E-state index in [1.807, 2.05) is 11.7 Å². The van der Waals surface area contributed by atoms with Gasteiger partial charge in [0.25, 0.3) is 0 Å². The van der Waals surface area contributed by atoms with Crippen molar-refractivity contribution in [1.82, 2.24) is 9.78 Å². The smallest absolute Gasteiger partial charge is 0.148 e. The van der Waals surface area contributed by atoms with Gasteiger partial charge in [-0.1, -0.05) is 20.8 Å². The Hall–Kier alpha value is -1.19. The van der Waals surface area contributed by atoms with Gasteiger partial charge in [0.1, 0.15) is 11.5 Å². The van der Waals surface area contributed by atoms with Crippen LogP contribution >= 0.6 is 0 Å². The molecule has 0 aromatic carbocycles. The zero-order valence-electron chi connectivity index (χ0n) is 10.7. The molecule has 1 aliphatic rings. The molecule has 1 aliphatic heterocycles. The number of nitrogens with zero attached hydrogens (tertiary/aromatic N) is 2. The SMILES string of the molecule is CCc1nn(C)c2c1NCC(C)(CC)CN2. The van der Waals surface area contributed by atoms with Crippen LogP contribution in [0.5, 0.6) is 0 Å². The lowest BCUT2D eigenvalue weighted by atomic mass is 9.88. The lowest BCUT2D eigenvalue weighted by molar-refractivity contribution is 0.360. The van der Waals surface area contributed by atoms with E-state index in [1.165, 1.54) is 12.1 Å². The molecule has 1 aromatic rings. The number of hydrogen-bond acceptors (Lipinski definition) is 3. The van der Waals surface area contributed by atoms with Crippen molar-refractivity contribution < 1.29 is 0 Å². The van der Waals surface area contributed by atoms with E-state index in [4.69, 9.17) is 0 Å². The predicted molar refractivity (Wildman–Crippen MR) is 68.0 cm³/mol. The van der Waals surface area contributed by atoms with E-state index in [-0.39, 0.29) is 0 Å². The van der Waals surface area contributed by atoms with Gasteiger partial charge in [0.2, 0.25) is 0 Å². The van der Waals surface area contributed by atoms with Gasteiger partial charge in [-0.05, 0) is 12.8 Å². The molecule has 0 bridgehead atoms. The van der Waals surface area contributed by atoms with Gasteiger partial charge in [0, 0.05) is 25.6 Å². The van der Waals surface area contributed by atoms with Crippen LogP contribution in [0, 0.1) is 5.41 Å². The van der Waals surface area contributed by atoms with E-state index in [0.717, 1.165) is 31.0 Å². The van der Waals surface area contributed by atoms with Crippen molar-refractivity contribution in [2.75, 3.05) is 23.7 Å². The number of fused-ring (bicyclic) bond motifs is 1. The fourth-order valence-corrected chi connectivity index (χ4v) is 2.13. The lowest BCUT2D eigenvalue weighted by Crippen LogP contribution is -2.31. The molecule has 1 unspecified atom stereocenters. The molecule has 0 spiro atoms. The summed E-state index contributed by atoms with van der Waals surface area (Å²) in [5.41, 5.74) is 2.68. The number of rotatable bonds is 2. The minimum absolute atomic E-state index is 0.323. The van der Waals surface area contributed by atoms with Crippen LogP contribution in [0.4, 0.5) is 11.5 Å². The number of aryl methyl sites for hydroxylation is 2. The van der Waals surface area contributed by atoms with Gasteiger partial charge in [-0.2, -0.15) is 5.10 Å². The molecule has 4 nitrogen and oxygen atoms in total. The second-order valence-corrected chi connectivity index (χ2v) is 5.02. The van der Waals surface area contributed by atoms with Gasteiger partial charge in [-0.15, -0.1) is 0 Å². The highest BCUT2D eigenvalue weighted by molar-refractivity contribution is 5.69. The minimum Gasteiger partial charge on any atom is -0.380 e. The fourth-order valence-electron chi connectivity index (χ4n) is 2.13. The van der Waals surface area contributed by atoms with E-state index >= 15 is 0 Å². The first-order valence-corrected chi connectivity index (χ1v) is 6.13. The Kier molecular flexibility index (Phi) is 2.82. The molecule has 2 N–H and O–H groups in total. The van der Waals surface area contributed by atoms with Crippen molar-refractivity contribution in [3.8, 4) is 0 Å². The summed E-state index contributed by atoms with van der Waals surface area (Å²) in [7, 11) is 2.00.